The topological polar surface area (TPSA) is 51.2 Å². The molecule has 3 aliphatic rings. The van der Waals surface area contributed by atoms with Crippen LogP contribution in [0, 0.1) is 11.3 Å². The molecular weight excluding hydrogens is 378 g/mol. The molecule has 5 rings (SSSR count). The Hall–Kier alpha value is -1.76. The minimum Gasteiger partial charge on any atom is -0.391 e. The molecule has 30 heavy (non-hydrogen) atoms. The molecule has 0 radical (unpaired) electrons. The maximum atomic E-state index is 11.4. The summed E-state index contributed by atoms with van der Waals surface area (Å²) in [6, 6.07) is 20.2. The van der Waals surface area contributed by atoms with Gasteiger partial charge in [-0.1, -0.05) is 81.4 Å². The highest BCUT2D eigenvalue weighted by molar-refractivity contribution is 5.18. The molecule has 3 heterocycles. The molecule has 3 aliphatic heterocycles. The summed E-state index contributed by atoms with van der Waals surface area (Å²) in [7, 11) is 0. The predicted molar refractivity (Wildman–Crippen MR) is 115 cm³/mol. The van der Waals surface area contributed by atoms with Crippen molar-refractivity contribution in [2.75, 3.05) is 19.8 Å². The molecule has 0 spiro atoms. The van der Waals surface area contributed by atoms with Crippen LogP contribution in [0.1, 0.15) is 31.9 Å². The number of aliphatic hydroxyl groups is 1. The van der Waals surface area contributed by atoms with Gasteiger partial charge in [-0.05, 0) is 17.0 Å². The lowest BCUT2D eigenvalue weighted by Gasteiger charge is -2.56. The van der Waals surface area contributed by atoms with Crippen molar-refractivity contribution in [2.24, 2.45) is 11.3 Å². The Kier molecular flexibility index (Phi) is 6.28. The van der Waals surface area contributed by atoms with Gasteiger partial charge in [-0.3, -0.25) is 4.90 Å². The molecule has 2 bridgehead atoms. The summed E-state index contributed by atoms with van der Waals surface area (Å²) < 4.78 is 18.6. The van der Waals surface area contributed by atoms with Crippen molar-refractivity contribution < 1.29 is 19.3 Å². The van der Waals surface area contributed by atoms with E-state index in [1.165, 1.54) is 11.1 Å². The van der Waals surface area contributed by atoms with Crippen LogP contribution in [-0.4, -0.2) is 47.9 Å². The fraction of sp³-hybridized carbons (Fsp3) is 0.520. The molecule has 0 aliphatic carbocycles. The molecule has 2 aromatic rings. The van der Waals surface area contributed by atoms with Gasteiger partial charge in [0.05, 0.1) is 25.9 Å². The first-order valence-corrected chi connectivity index (χ1v) is 10.8. The van der Waals surface area contributed by atoms with Crippen molar-refractivity contribution in [1.29, 1.82) is 0 Å². The number of rotatable bonds is 8. The molecule has 5 heteroatoms. The van der Waals surface area contributed by atoms with Crippen molar-refractivity contribution in [2.45, 2.75) is 52.0 Å². The van der Waals surface area contributed by atoms with Gasteiger partial charge in [0.1, 0.15) is 6.04 Å². The van der Waals surface area contributed by atoms with E-state index in [4.69, 9.17) is 14.2 Å². The third-order valence-electron chi connectivity index (χ3n) is 6.08. The van der Waals surface area contributed by atoms with E-state index < -0.39 is 18.1 Å². The van der Waals surface area contributed by atoms with Crippen LogP contribution in [0.25, 0.3) is 0 Å². The average molecular weight is 412 g/mol. The second kappa shape index (κ2) is 8.77. The van der Waals surface area contributed by atoms with Crippen molar-refractivity contribution >= 4 is 0 Å². The smallest absolute Gasteiger partial charge is 0.302 e. The Labute approximate surface area is 179 Å². The summed E-state index contributed by atoms with van der Waals surface area (Å²) in [5.41, 5.74) is 2.21. The highest BCUT2D eigenvalue weighted by Crippen LogP contribution is 2.43. The summed E-state index contributed by atoms with van der Waals surface area (Å²) in [4.78, 5) is 2.24. The molecule has 1 N–H and O–H groups in total. The fourth-order valence-electron chi connectivity index (χ4n) is 4.23. The molecule has 2 atom stereocenters. The van der Waals surface area contributed by atoms with E-state index in [0.29, 0.717) is 32.9 Å². The van der Waals surface area contributed by atoms with E-state index in [-0.39, 0.29) is 11.3 Å². The Morgan fingerprint density at radius 3 is 1.67 bits per heavy atom. The molecule has 0 aromatic heterocycles. The molecule has 162 valence electrons. The van der Waals surface area contributed by atoms with Crippen LogP contribution in [0.5, 0.6) is 0 Å². The number of aliphatic hydroxyl groups excluding tert-OH is 1. The van der Waals surface area contributed by atoms with E-state index in [0.717, 1.165) is 0 Å². The lowest BCUT2D eigenvalue weighted by Crippen LogP contribution is -2.70. The highest BCUT2D eigenvalue weighted by Gasteiger charge is 2.58. The van der Waals surface area contributed by atoms with Gasteiger partial charge in [-0.25, -0.2) is 0 Å². The Morgan fingerprint density at radius 1 is 0.833 bits per heavy atom. The minimum absolute atomic E-state index is 0.0180. The van der Waals surface area contributed by atoms with Crippen LogP contribution >= 0.6 is 0 Å². The van der Waals surface area contributed by atoms with Gasteiger partial charge in [0.25, 0.3) is 0 Å². The zero-order valence-corrected chi connectivity index (χ0v) is 18.2. The van der Waals surface area contributed by atoms with Gasteiger partial charge in [0, 0.05) is 18.5 Å². The molecule has 2 aromatic carbocycles. The minimum atomic E-state index is -1.26. The van der Waals surface area contributed by atoms with Crippen molar-refractivity contribution in [1.82, 2.24) is 4.90 Å². The van der Waals surface area contributed by atoms with Gasteiger partial charge >= 0.3 is 5.97 Å². The van der Waals surface area contributed by atoms with Crippen molar-refractivity contribution in [3.05, 3.63) is 71.8 Å². The van der Waals surface area contributed by atoms with Crippen LogP contribution in [0.15, 0.2) is 60.7 Å². The van der Waals surface area contributed by atoms with Gasteiger partial charge in [0.2, 0.25) is 0 Å². The number of hydrogen-bond donors (Lipinski definition) is 1. The second-order valence-electron chi connectivity index (χ2n) is 9.34. The van der Waals surface area contributed by atoms with E-state index in [2.05, 4.69) is 36.1 Å². The fourth-order valence-corrected chi connectivity index (χ4v) is 4.23. The normalized spacial score (nSPS) is 28.1. The Bertz CT molecular complexity index is 744. The summed E-state index contributed by atoms with van der Waals surface area (Å²) in [5, 5.41) is 11.4. The largest absolute Gasteiger partial charge is 0.391 e. The van der Waals surface area contributed by atoms with Crippen LogP contribution in [0.3, 0.4) is 0 Å². The van der Waals surface area contributed by atoms with E-state index >= 15 is 0 Å². The van der Waals surface area contributed by atoms with Gasteiger partial charge < -0.3 is 19.3 Å². The van der Waals surface area contributed by atoms with Gasteiger partial charge in [-0.15, -0.1) is 0 Å². The summed E-state index contributed by atoms with van der Waals surface area (Å²) in [5.74, 6) is -1.24. The Balaban J connectivity index is 1.70. The lowest BCUT2D eigenvalue weighted by atomic mass is 9.88. The number of nitrogens with zero attached hydrogens (tertiary/aromatic N) is 1. The van der Waals surface area contributed by atoms with Crippen LogP contribution in [0.4, 0.5) is 0 Å². The molecule has 0 saturated carbocycles. The molecule has 5 nitrogen and oxygen atoms in total. The van der Waals surface area contributed by atoms with E-state index in [1.807, 2.05) is 50.2 Å². The van der Waals surface area contributed by atoms with Crippen LogP contribution in [0.2, 0.25) is 0 Å². The second-order valence-corrected chi connectivity index (χ2v) is 9.34. The average Bonchev–Trinajstić information content (AvgIpc) is 2.76. The molecule has 0 amide bonds. The van der Waals surface area contributed by atoms with Gasteiger partial charge in [-0.2, -0.15) is 0 Å². The molecule has 0 unspecified atom stereocenters. The highest BCUT2D eigenvalue weighted by atomic mass is 16.9. The predicted octanol–water partition coefficient (Wildman–Crippen LogP) is 3.81. The third kappa shape index (κ3) is 4.46. The van der Waals surface area contributed by atoms with E-state index in [1.54, 1.807) is 0 Å². The summed E-state index contributed by atoms with van der Waals surface area (Å²) in [6.07, 6.45) is -0.681. The summed E-state index contributed by atoms with van der Waals surface area (Å²) >= 11 is 0. The van der Waals surface area contributed by atoms with E-state index in [9.17, 15) is 5.11 Å². The van der Waals surface area contributed by atoms with Crippen molar-refractivity contribution in [3.8, 4) is 0 Å². The standard InChI is InChI=1S/C25H33NO4/c1-19(2)22(27)23(25-28-16-24(3,17-29-25)18-30-25)26(14-20-10-6-4-7-11-20)15-21-12-8-5-9-13-21/h4-13,19,22-23,27H,14-18H2,1-3H3/t22-,23-,24?,25?/m0/s1. The lowest BCUT2D eigenvalue weighted by molar-refractivity contribution is -0.487. The maximum absolute atomic E-state index is 11.4. The van der Waals surface area contributed by atoms with Gasteiger partial charge in [0.15, 0.2) is 0 Å². The first kappa shape index (κ1) is 21.5. The molecule has 3 saturated heterocycles. The first-order chi connectivity index (χ1) is 14.4. The van der Waals surface area contributed by atoms with Crippen LogP contribution in [-0.2, 0) is 27.3 Å². The monoisotopic (exact) mass is 411 g/mol. The number of fused-ring (bicyclic) bond motifs is 3. The number of hydrogen-bond acceptors (Lipinski definition) is 5. The summed E-state index contributed by atoms with van der Waals surface area (Å²) in [6.45, 7) is 9.16. The SMILES string of the molecule is CC(C)[C@H](O)[C@H](N(Cc1ccccc1)Cc1ccccc1)C12OCC(C)(CO1)CO2. The molecule has 3 fully saturated rings. The zero-order chi connectivity index (χ0) is 21.2. The first-order valence-electron chi connectivity index (χ1n) is 10.8. The number of ether oxygens (including phenoxy) is 3. The number of benzene rings is 2. The maximum Gasteiger partial charge on any atom is 0.302 e. The van der Waals surface area contributed by atoms with Crippen molar-refractivity contribution in [3.63, 3.8) is 0 Å². The quantitative estimate of drug-likeness (QED) is 0.716. The molecular formula is C25H33NO4. The third-order valence-corrected chi connectivity index (χ3v) is 6.08. The van der Waals surface area contributed by atoms with Crippen LogP contribution < -0.4 is 0 Å². The Morgan fingerprint density at radius 2 is 1.27 bits per heavy atom. The zero-order valence-electron chi connectivity index (χ0n) is 18.2.